The second kappa shape index (κ2) is 6.16. The molecular formula is C14H18BrN3. The Morgan fingerprint density at radius 1 is 1.28 bits per heavy atom. The lowest BCUT2D eigenvalue weighted by molar-refractivity contribution is 0.643. The molecule has 0 bridgehead atoms. The number of benzene rings is 1. The number of halogens is 1. The van der Waals surface area contributed by atoms with Crippen molar-refractivity contribution in [2.75, 3.05) is 7.05 Å². The first kappa shape index (κ1) is 13.3. The van der Waals surface area contributed by atoms with Crippen LogP contribution in [0.2, 0.25) is 0 Å². The van der Waals surface area contributed by atoms with E-state index in [1.54, 1.807) is 0 Å². The van der Waals surface area contributed by atoms with E-state index >= 15 is 0 Å². The summed E-state index contributed by atoms with van der Waals surface area (Å²) in [5, 5.41) is 7.68. The average molecular weight is 308 g/mol. The third kappa shape index (κ3) is 2.82. The molecule has 1 N–H and O–H groups in total. The highest BCUT2D eigenvalue weighted by Crippen LogP contribution is 2.18. The van der Waals surface area contributed by atoms with E-state index in [4.69, 9.17) is 0 Å². The first-order valence-corrected chi connectivity index (χ1v) is 6.97. The lowest BCUT2D eigenvalue weighted by atomic mass is 10.2. The van der Waals surface area contributed by atoms with E-state index in [2.05, 4.69) is 56.2 Å². The summed E-state index contributed by atoms with van der Waals surface area (Å²) < 4.78 is 3.23. The van der Waals surface area contributed by atoms with Crippen LogP contribution in [0.3, 0.4) is 0 Å². The fraction of sp³-hybridized carbons (Fsp3) is 0.357. The van der Waals surface area contributed by atoms with E-state index in [0.29, 0.717) is 0 Å². The van der Waals surface area contributed by atoms with Gasteiger partial charge in [-0.15, -0.1) is 0 Å². The summed E-state index contributed by atoms with van der Waals surface area (Å²) in [4.78, 5) is 0. The number of nitrogens with one attached hydrogen (secondary N) is 1. The Hall–Kier alpha value is -1.13. The minimum Gasteiger partial charge on any atom is -0.316 e. The van der Waals surface area contributed by atoms with E-state index in [1.165, 1.54) is 16.8 Å². The van der Waals surface area contributed by atoms with Gasteiger partial charge < -0.3 is 5.32 Å². The number of nitrogens with zero attached hydrogens (tertiary/aromatic N) is 2. The van der Waals surface area contributed by atoms with Gasteiger partial charge >= 0.3 is 0 Å². The van der Waals surface area contributed by atoms with Gasteiger partial charge in [0.05, 0.1) is 12.7 Å². The van der Waals surface area contributed by atoms with Gasteiger partial charge in [-0.1, -0.05) is 41.1 Å². The van der Waals surface area contributed by atoms with Gasteiger partial charge in [0.15, 0.2) is 0 Å². The molecule has 2 rings (SSSR count). The topological polar surface area (TPSA) is 29.9 Å². The highest BCUT2D eigenvalue weighted by Gasteiger charge is 2.09. The van der Waals surface area contributed by atoms with Gasteiger partial charge in [-0.3, -0.25) is 4.68 Å². The van der Waals surface area contributed by atoms with Crippen LogP contribution in [0, 0.1) is 0 Å². The summed E-state index contributed by atoms with van der Waals surface area (Å²) in [5.74, 6) is 0. The van der Waals surface area contributed by atoms with E-state index in [1.807, 2.05) is 19.3 Å². The SMILES string of the molecule is CCc1c(CNC)cnn1Cc1ccccc1Br. The zero-order valence-corrected chi connectivity index (χ0v) is 12.4. The molecule has 0 fully saturated rings. The predicted molar refractivity (Wildman–Crippen MR) is 77.6 cm³/mol. The van der Waals surface area contributed by atoms with Crippen LogP contribution in [0.1, 0.15) is 23.7 Å². The Balaban J connectivity index is 2.27. The Morgan fingerprint density at radius 3 is 2.72 bits per heavy atom. The smallest absolute Gasteiger partial charge is 0.0673 e. The van der Waals surface area contributed by atoms with Crippen molar-refractivity contribution in [3.05, 3.63) is 51.8 Å². The normalized spacial score (nSPS) is 10.8. The van der Waals surface area contributed by atoms with Crippen LogP contribution in [-0.4, -0.2) is 16.8 Å². The predicted octanol–water partition coefficient (Wildman–Crippen LogP) is 2.98. The molecule has 0 aliphatic rings. The largest absolute Gasteiger partial charge is 0.316 e. The molecule has 0 aliphatic carbocycles. The van der Waals surface area contributed by atoms with Crippen LogP contribution in [0.25, 0.3) is 0 Å². The molecule has 1 aromatic carbocycles. The molecule has 3 nitrogen and oxygen atoms in total. The van der Waals surface area contributed by atoms with Gasteiger partial charge in [-0.25, -0.2) is 0 Å². The molecule has 0 radical (unpaired) electrons. The molecule has 0 spiro atoms. The van der Waals surface area contributed by atoms with Crippen molar-refractivity contribution < 1.29 is 0 Å². The minimum absolute atomic E-state index is 0.814. The van der Waals surface area contributed by atoms with Crippen molar-refractivity contribution in [1.82, 2.24) is 15.1 Å². The highest BCUT2D eigenvalue weighted by atomic mass is 79.9. The fourth-order valence-electron chi connectivity index (χ4n) is 2.12. The summed E-state index contributed by atoms with van der Waals surface area (Å²) in [6.45, 7) is 3.86. The number of hydrogen-bond acceptors (Lipinski definition) is 2. The van der Waals surface area contributed by atoms with Gasteiger partial charge in [0, 0.05) is 22.3 Å². The van der Waals surface area contributed by atoms with Crippen LogP contribution in [-0.2, 0) is 19.5 Å². The first-order chi connectivity index (χ1) is 8.76. The average Bonchev–Trinajstić information content (AvgIpc) is 2.75. The van der Waals surface area contributed by atoms with Crippen LogP contribution in [0.4, 0.5) is 0 Å². The summed E-state index contributed by atoms with van der Waals surface area (Å²) in [6, 6.07) is 8.29. The first-order valence-electron chi connectivity index (χ1n) is 6.17. The summed E-state index contributed by atoms with van der Waals surface area (Å²) >= 11 is 3.58. The Labute approximate surface area is 116 Å². The molecular weight excluding hydrogens is 290 g/mol. The molecule has 1 heterocycles. The lowest BCUT2D eigenvalue weighted by Gasteiger charge is -2.09. The molecule has 0 atom stereocenters. The number of aromatic nitrogens is 2. The summed E-state index contributed by atoms with van der Waals surface area (Å²) in [7, 11) is 1.96. The maximum absolute atomic E-state index is 4.50. The van der Waals surface area contributed by atoms with E-state index < -0.39 is 0 Å². The molecule has 0 unspecified atom stereocenters. The van der Waals surface area contributed by atoms with Gasteiger partial charge in [-0.2, -0.15) is 5.10 Å². The fourth-order valence-corrected chi connectivity index (χ4v) is 2.53. The molecule has 18 heavy (non-hydrogen) atoms. The molecule has 0 saturated heterocycles. The third-order valence-corrected chi connectivity index (χ3v) is 3.79. The van der Waals surface area contributed by atoms with Crippen LogP contribution in [0.5, 0.6) is 0 Å². The second-order valence-corrected chi connectivity index (χ2v) is 5.10. The van der Waals surface area contributed by atoms with Crippen molar-refractivity contribution in [2.24, 2.45) is 0 Å². The second-order valence-electron chi connectivity index (χ2n) is 4.25. The van der Waals surface area contributed by atoms with Crippen molar-refractivity contribution in [3.63, 3.8) is 0 Å². The molecule has 2 aromatic rings. The number of hydrogen-bond donors (Lipinski definition) is 1. The maximum atomic E-state index is 4.50. The van der Waals surface area contributed by atoms with Crippen molar-refractivity contribution in [2.45, 2.75) is 26.4 Å². The molecule has 1 aromatic heterocycles. The van der Waals surface area contributed by atoms with Gasteiger partial charge in [0.2, 0.25) is 0 Å². The maximum Gasteiger partial charge on any atom is 0.0673 e. The van der Waals surface area contributed by atoms with Crippen molar-refractivity contribution >= 4 is 15.9 Å². The molecule has 4 heteroatoms. The van der Waals surface area contributed by atoms with Crippen LogP contribution >= 0.6 is 15.9 Å². The Bertz CT molecular complexity index is 520. The van der Waals surface area contributed by atoms with Crippen molar-refractivity contribution in [1.29, 1.82) is 0 Å². The summed E-state index contributed by atoms with van der Waals surface area (Å²) in [5.41, 5.74) is 3.85. The zero-order chi connectivity index (χ0) is 13.0. The molecule has 0 saturated carbocycles. The quantitative estimate of drug-likeness (QED) is 0.920. The van der Waals surface area contributed by atoms with Gasteiger partial charge in [-0.05, 0) is 25.1 Å². The van der Waals surface area contributed by atoms with Crippen LogP contribution in [0.15, 0.2) is 34.9 Å². The monoisotopic (exact) mass is 307 g/mol. The van der Waals surface area contributed by atoms with Gasteiger partial charge in [0.1, 0.15) is 0 Å². The van der Waals surface area contributed by atoms with E-state index in [0.717, 1.165) is 24.0 Å². The highest BCUT2D eigenvalue weighted by molar-refractivity contribution is 9.10. The number of rotatable bonds is 5. The standard InChI is InChI=1S/C14H18BrN3/c1-3-14-12(8-16-2)9-17-18(14)10-11-6-4-5-7-13(11)15/h4-7,9,16H,3,8,10H2,1-2H3. The van der Waals surface area contributed by atoms with E-state index in [-0.39, 0.29) is 0 Å². The minimum atomic E-state index is 0.814. The van der Waals surface area contributed by atoms with Gasteiger partial charge in [0.25, 0.3) is 0 Å². The van der Waals surface area contributed by atoms with Crippen LogP contribution < -0.4 is 5.32 Å². The molecule has 0 aliphatic heterocycles. The summed E-state index contributed by atoms with van der Waals surface area (Å²) in [6.07, 6.45) is 2.97. The Morgan fingerprint density at radius 2 is 2.06 bits per heavy atom. The van der Waals surface area contributed by atoms with E-state index in [9.17, 15) is 0 Å². The molecule has 0 amide bonds. The zero-order valence-electron chi connectivity index (χ0n) is 10.8. The molecule has 96 valence electrons. The third-order valence-electron chi connectivity index (χ3n) is 3.02. The Kier molecular flexibility index (Phi) is 4.55. The van der Waals surface area contributed by atoms with Crippen molar-refractivity contribution in [3.8, 4) is 0 Å². The lowest BCUT2D eigenvalue weighted by Crippen LogP contribution is -2.10.